The number of Topliss-reactive ketones (excluding diaryl/α,β-unsaturated/α-hetero) is 1. The smallest absolute Gasteiger partial charge is 0.297 e. The molecule has 0 amide bonds. The van der Waals surface area contributed by atoms with Crippen LogP contribution in [0.1, 0.15) is 22.8 Å². The maximum Gasteiger partial charge on any atom is 0.297 e. The zero-order valence-electron chi connectivity index (χ0n) is 14.5. The Morgan fingerprint density at radius 2 is 1.56 bits per heavy atom. The quantitative estimate of drug-likeness (QED) is 0.555. The molecular formula is C18H20O6S. The van der Waals surface area contributed by atoms with Crippen LogP contribution < -0.4 is 9.47 Å². The Balaban J connectivity index is 2.21. The van der Waals surface area contributed by atoms with Crippen molar-refractivity contribution >= 4 is 15.9 Å². The van der Waals surface area contributed by atoms with Gasteiger partial charge in [0.1, 0.15) is 6.10 Å². The number of rotatable bonds is 7. The number of benzene rings is 2. The van der Waals surface area contributed by atoms with Crippen molar-refractivity contribution in [3.63, 3.8) is 0 Å². The van der Waals surface area contributed by atoms with Gasteiger partial charge in [0.15, 0.2) is 17.3 Å². The molecule has 0 aliphatic heterocycles. The van der Waals surface area contributed by atoms with Crippen LogP contribution in [0.15, 0.2) is 47.4 Å². The summed E-state index contributed by atoms with van der Waals surface area (Å²) in [6, 6.07) is 10.8. The van der Waals surface area contributed by atoms with Crippen LogP contribution in [-0.2, 0) is 14.3 Å². The first-order chi connectivity index (χ1) is 11.8. The summed E-state index contributed by atoms with van der Waals surface area (Å²) in [6.45, 7) is 3.24. The molecule has 25 heavy (non-hydrogen) atoms. The molecule has 0 bridgehead atoms. The Hall–Kier alpha value is -2.38. The van der Waals surface area contributed by atoms with Crippen molar-refractivity contribution < 1.29 is 26.9 Å². The van der Waals surface area contributed by atoms with Crippen molar-refractivity contribution in [2.24, 2.45) is 0 Å². The molecule has 0 aromatic heterocycles. The van der Waals surface area contributed by atoms with Gasteiger partial charge in [0.2, 0.25) is 0 Å². The lowest BCUT2D eigenvalue weighted by Crippen LogP contribution is -2.24. The maximum atomic E-state index is 12.5. The first kappa shape index (κ1) is 19.0. The van der Waals surface area contributed by atoms with Crippen LogP contribution in [0.4, 0.5) is 0 Å². The molecular weight excluding hydrogens is 344 g/mol. The van der Waals surface area contributed by atoms with Gasteiger partial charge in [-0.05, 0) is 44.2 Å². The van der Waals surface area contributed by atoms with Gasteiger partial charge in [0.05, 0.1) is 19.1 Å². The number of carbonyl (C=O) groups is 1. The van der Waals surface area contributed by atoms with Gasteiger partial charge in [0.25, 0.3) is 10.1 Å². The molecule has 7 heteroatoms. The summed E-state index contributed by atoms with van der Waals surface area (Å²) < 4.78 is 39.9. The van der Waals surface area contributed by atoms with Crippen molar-refractivity contribution in [3.8, 4) is 11.5 Å². The molecule has 0 N–H and O–H groups in total. The molecule has 0 saturated carbocycles. The summed E-state index contributed by atoms with van der Waals surface area (Å²) >= 11 is 0. The van der Waals surface area contributed by atoms with Crippen molar-refractivity contribution in [2.45, 2.75) is 24.8 Å². The second kappa shape index (κ2) is 7.67. The van der Waals surface area contributed by atoms with Gasteiger partial charge in [-0.3, -0.25) is 8.98 Å². The Labute approximate surface area is 147 Å². The third-order valence-corrected chi connectivity index (χ3v) is 5.01. The molecule has 2 rings (SSSR count). The van der Waals surface area contributed by atoms with Gasteiger partial charge in [-0.15, -0.1) is 0 Å². The van der Waals surface area contributed by atoms with Crippen molar-refractivity contribution in [3.05, 3.63) is 53.6 Å². The fourth-order valence-corrected chi connectivity index (χ4v) is 3.27. The number of aryl methyl sites for hydroxylation is 1. The highest BCUT2D eigenvalue weighted by Crippen LogP contribution is 2.28. The summed E-state index contributed by atoms with van der Waals surface area (Å²) in [5.74, 6) is 0.374. The largest absolute Gasteiger partial charge is 0.493 e. The number of methoxy groups -OCH3 is 2. The highest BCUT2D eigenvalue weighted by molar-refractivity contribution is 7.86. The zero-order chi connectivity index (χ0) is 18.6. The molecule has 0 radical (unpaired) electrons. The van der Waals surface area contributed by atoms with E-state index in [0.717, 1.165) is 5.56 Å². The summed E-state index contributed by atoms with van der Waals surface area (Å²) in [6.07, 6.45) is -1.18. The van der Waals surface area contributed by atoms with E-state index in [4.69, 9.17) is 13.7 Å². The lowest BCUT2D eigenvalue weighted by Gasteiger charge is -2.14. The van der Waals surface area contributed by atoms with Crippen LogP contribution in [0.25, 0.3) is 0 Å². The highest BCUT2D eigenvalue weighted by atomic mass is 32.2. The average molecular weight is 364 g/mol. The van der Waals surface area contributed by atoms with Crippen molar-refractivity contribution in [1.82, 2.24) is 0 Å². The molecule has 0 unspecified atom stereocenters. The van der Waals surface area contributed by atoms with Gasteiger partial charge >= 0.3 is 0 Å². The molecule has 2 aromatic carbocycles. The van der Waals surface area contributed by atoms with Crippen LogP contribution in [-0.4, -0.2) is 34.5 Å². The van der Waals surface area contributed by atoms with Crippen LogP contribution >= 0.6 is 0 Å². The molecule has 1 atom stereocenters. The minimum atomic E-state index is -4.03. The van der Waals surface area contributed by atoms with Gasteiger partial charge in [-0.25, -0.2) is 0 Å². The van der Waals surface area contributed by atoms with E-state index in [1.807, 2.05) is 6.92 Å². The van der Waals surface area contributed by atoms with Gasteiger partial charge < -0.3 is 9.47 Å². The van der Waals surface area contributed by atoms with Gasteiger partial charge in [0, 0.05) is 5.56 Å². The fraction of sp³-hybridized carbons (Fsp3) is 0.278. The van der Waals surface area contributed by atoms with Gasteiger partial charge in [-0.1, -0.05) is 17.7 Å². The third kappa shape index (κ3) is 4.37. The second-order valence-corrected chi connectivity index (χ2v) is 7.01. The minimum absolute atomic E-state index is 0.00469. The van der Waals surface area contributed by atoms with Gasteiger partial charge in [-0.2, -0.15) is 8.42 Å². The molecule has 6 nitrogen and oxygen atoms in total. The topological polar surface area (TPSA) is 78.9 Å². The van der Waals surface area contributed by atoms with Crippen molar-refractivity contribution in [2.75, 3.05) is 14.2 Å². The number of hydrogen-bond donors (Lipinski definition) is 0. The minimum Gasteiger partial charge on any atom is -0.493 e. The average Bonchev–Trinajstić information content (AvgIpc) is 2.60. The van der Waals surface area contributed by atoms with E-state index < -0.39 is 22.0 Å². The number of hydrogen-bond acceptors (Lipinski definition) is 6. The normalized spacial score (nSPS) is 12.5. The zero-order valence-corrected chi connectivity index (χ0v) is 15.3. The molecule has 0 aliphatic carbocycles. The molecule has 0 fully saturated rings. The molecule has 0 aliphatic rings. The first-order valence-corrected chi connectivity index (χ1v) is 8.95. The second-order valence-electron chi connectivity index (χ2n) is 5.44. The van der Waals surface area contributed by atoms with E-state index in [9.17, 15) is 13.2 Å². The van der Waals surface area contributed by atoms with E-state index in [1.165, 1.54) is 45.4 Å². The summed E-state index contributed by atoms with van der Waals surface area (Å²) in [7, 11) is -1.10. The van der Waals surface area contributed by atoms with Crippen molar-refractivity contribution in [1.29, 1.82) is 0 Å². The fourth-order valence-electron chi connectivity index (χ4n) is 2.22. The molecule has 134 valence electrons. The standard InChI is InChI=1S/C18H20O6S/c1-12-5-8-15(9-6-12)25(20,21)24-13(2)18(19)14-7-10-16(22-3)17(11-14)23-4/h5-11,13H,1-4H3/t13-/m0/s1. The number of ether oxygens (including phenoxy) is 2. The molecule has 2 aromatic rings. The van der Waals surface area contributed by atoms with Crippen LogP contribution in [0.3, 0.4) is 0 Å². The third-order valence-electron chi connectivity index (χ3n) is 3.62. The summed E-state index contributed by atoms with van der Waals surface area (Å²) in [5.41, 5.74) is 1.19. The number of ketones is 1. The molecule has 0 saturated heterocycles. The van der Waals surface area contributed by atoms with Crippen LogP contribution in [0, 0.1) is 6.92 Å². The van der Waals surface area contributed by atoms with E-state index in [0.29, 0.717) is 11.5 Å². The molecule has 0 heterocycles. The summed E-state index contributed by atoms with van der Waals surface area (Å²) in [4.78, 5) is 12.5. The lowest BCUT2D eigenvalue weighted by molar-refractivity contribution is 0.0825. The predicted molar refractivity (Wildman–Crippen MR) is 92.8 cm³/mol. The highest BCUT2D eigenvalue weighted by Gasteiger charge is 2.25. The first-order valence-electron chi connectivity index (χ1n) is 7.54. The summed E-state index contributed by atoms with van der Waals surface area (Å²) in [5, 5.41) is 0. The Bertz CT molecular complexity index is 856. The number of carbonyl (C=O) groups excluding carboxylic acids is 1. The van der Waals surface area contributed by atoms with E-state index >= 15 is 0 Å². The Kier molecular flexibility index (Phi) is 5.81. The monoisotopic (exact) mass is 364 g/mol. The van der Waals surface area contributed by atoms with E-state index in [1.54, 1.807) is 18.2 Å². The van der Waals surface area contributed by atoms with E-state index in [-0.39, 0.29) is 10.5 Å². The Morgan fingerprint density at radius 3 is 2.12 bits per heavy atom. The van der Waals surface area contributed by atoms with Crippen LogP contribution in [0.2, 0.25) is 0 Å². The van der Waals surface area contributed by atoms with Crippen LogP contribution in [0.5, 0.6) is 11.5 Å². The Morgan fingerprint density at radius 1 is 0.960 bits per heavy atom. The predicted octanol–water partition coefficient (Wildman–Crippen LogP) is 2.99. The SMILES string of the molecule is COc1ccc(C(=O)[C@H](C)OS(=O)(=O)c2ccc(C)cc2)cc1OC. The maximum absolute atomic E-state index is 12.5. The lowest BCUT2D eigenvalue weighted by atomic mass is 10.1. The van der Waals surface area contributed by atoms with E-state index in [2.05, 4.69) is 0 Å². The molecule has 0 spiro atoms.